The van der Waals surface area contributed by atoms with E-state index in [0.717, 1.165) is 0 Å². The van der Waals surface area contributed by atoms with Crippen LogP contribution in [0.3, 0.4) is 0 Å². The van der Waals surface area contributed by atoms with Crippen LogP contribution in [0.15, 0.2) is 35.2 Å². The van der Waals surface area contributed by atoms with Gasteiger partial charge in [0.2, 0.25) is 6.39 Å². The predicted molar refractivity (Wildman–Crippen MR) is 58.0 cm³/mol. The molecule has 2 aromatic rings. The second kappa shape index (κ2) is 5.70. The molecule has 8 heteroatoms. The summed E-state index contributed by atoms with van der Waals surface area (Å²) in [4.78, 5) is 3.78. The predicted octanol–water partition coefficient (Wildman–Crippen LogP) is 2.26. The monoisotopic (exact) mass is 273 g/mol. The summed E-state index contributed by atoms with van der Waals surface area (Å²) >= 11 is 0. The van der Waals surface area contributed by atoms with Crippen molar-refractivity contribution in [2.45, 2.75) is 19.5 Å². The number of rotatable bonds is 5. The molecule has 1 N–H and O–H groups in total. The van der Waals surface area contributed by atoms with Crippen molar-refractivity contribution in [3.05, 3.63) is 42.0 Å². The average Bonchev–Trinajstić information content (AvgIpc) is 2.82. The molecule has 0 spiro atoms. The molecule has 0 aliphatic carbocycles. The second-order valence-corrected chi connectivity index (χ2v) is 3.61. The number of halogens is 3. The van der Waals surface area contributed by atoms with Gasteiger partial charge < -0.3 is 14.6 Å². The summed E-state index contributed by atoms with van der Waals surface area (Å²) in [5.74, 6) is 0.199. The number of nitrogens with one attached hydrogen (secondary N) is 1. The summed E-state index contributed by atoms with van der Waals surface area (Å²) in [6, 6.07) is 5.92. The Balaban J connectivity index is 1.96. The minimum Gasteiger partial charge on any atom is -0.405 e. The highest BCUT2D eigenvalue weighted by Crippen LogP contribution is 2.26. The number of nitrogens with zero attached hydrogens (tertiary/aromatic N) is 2. The van der Waals surface area contributed by atoms with Crippen LogP contribution in [-0.4, -0.2) is 16.5 Å². The highest BCUT2D eigenvalue weighted by molar-refractivity contribution is 5.33. The van der Waals surface area contributed by atoms with E-state index in [1.54, 1.807) is 12.1 Å². The van der Waals surface area contributed by atoms with Crippen LogP contribution < -0.4 is 10.1 Å². The molecule has 0 unspecified atom stereocenters. The van der Waals surface area contributed by atoms with E-state index in [0.29, 0.717) is 11.4 Å². The van der Waals surface area contributed by atoms with Gasteiger partial charge in [-0.05, 0) is 6.07 Å². The van der Waals surface area contributed by atoms with Crippen molar-refractivity contribution in [1.82, 2.24) is 15.5 Å². The van der Waals surface area contributed by atoms with Crippen LogP contribution in [-0.2, 0) is 13.1 Å². The summed E-state index contributed by atoms with van der Waals surface area (Å²) < 4.78 is 45.0. The van der Waals surface area contributed by atoms with Crippen molar-refractivity contribution in [1.29, 1.82) is 0 Å². The smallest absolute Gasteiger partial charge is 0.405 e. The molecular weight excluding hydrogens is 263 g/mol. The lowest BCUT2D eigenvalue weighted by Gasteiger charge is -2.13. The highest BCUT2D eigenvalue weighted by atomic mass is 19.4. The molecule has 5 nitrogen and oxygen atoms in total. The molecule has 19 heavy (non-hydrogen) atoms. The van der Waals surface area contributed by atoms with Crippen LogP contribution in [0, 0.1) is 0 Å². The Bertz CT molecular complexity index is 514. The molecule has 0 aliphatic rings. The van der Waals surface area contributed by atoms with Gasteiger partial charge in [-0.15, -0.1) is 13.2 Å². The molecule has 0 bridgehead atoms. The van der Waals surface area contributed by atoms with E-state index in [-0.39, 0.29) is 18.8 Å². The van der Waals surface area contributed by atoms with Crippen LogP contribution in [0.4, 0.5) is 13.2 Å². The number of para-hydroxylation sites is 1. The lowest BCUT2D eigenvalue weighted by Crippen LogP contribution is -2.20. The minimum absolute atomic E-state index is 0.195. The average molecular weight is 273 g/mol. The van der Waals surface area contributed by atoms with Crippen LogP contribution in [0.2, 0.25) is 0 Å². The Morgan fingerprint density at radius 1 is 1.21 bits per heavy atom. The third-order valence-electron chi connectivity index (χ3n) is 2.20. The van der Waals surface area contributed by atoms with Gasteiger partial charge in [0, 0.05) is 12.1 Å². The Morgan fingerprint density at radius 2 is 2.00 bits per heavy atom. The Labute approximate surface area is 106 Å². The first-order chi connectivity index (χ1) is 9.04. The van der Waals surface area contributed by atoms with Crippen LogP contribution in [0.1, 0.15) is 11.4 Å². The van der Waals surface area contributed by atoms with Gasteiger partial charge >= 0.3 is 6.36 Å². The number of benzene rings is 1. The van der Waals surface area contributed by atoms with E-state index in [2.05, 4.69) is 24.7 Å². The maximum atomic E-state index is 12.2. The van der Waals surface area contributed by atoms with Gasteiger partial charge in [-0.25, -0.2) is 0 Å². The maximum absolute atomic E-state index is 12.2. The molecule has 0 saturated heterocycles. The number of hydrogen-bond acceptors (Lipinski definition) is 5. The molecule has 0 atom stereocenters. The van der Waals surface area contributed by atoms with Crippen molar-refractivity contribution in [3.63, 3.8) is 0 Å². The van der Waals surface area contributed by atoms with E-state index < -0.39 is 6.36 Å². The lowest BCUT2D eigenvalue weighted by molar-refractivity contribution is -0.274. The summed E-state index contributed by atoms with van der Waals surface area (Å²) in [5.41, 5.74) is 0.392. The summed E-state index contributed by atoms with van der Waals surface area (Å²) in [5, 5.41) is 6.47. The summed E-state index contributed by atoms with van der Waals surface area (Å²) in [6.07, 6.45) is -3.53. The second-order valence-electron chi connectivity index (χ2n) is 3.61. The van der Waals surface area contributed by atoms with Crippen molar-refractivity contribution < 1.29 is 22.4 Å². The first kappa shape index (κ1) is 13.3. The Morgan fingerprint density at radius 3 is 2.68 bits per heavy atom. The van der Waals surface area contributed by atoms with E-state index >= 15 is 0 Å². The topological polar surface area (TPSA) is 60.2 Å². The molecule has 0 radical (unpaired) electrons. The third-order valence-corrected chi connectivity index (χ3v) is 2.20. The molecule has 0 fully saturated rings. The van der Waals surface area contributed by atoms with E-state index in [4.69, 9.17) is 0 Å². The van der Waals surface area contributed by atoms with Crippen molar-refractivity contribution in [2.24, 2.45) is 0 Å². The van der Waals surface area contributed by atoms with E-state index in [1.165, 1.54) is 18.5 Å². The maximum Gasteiger partial charge on any atom is 0.573 e. The largest absolute Gasteiger partial charge is 0.573 e. The van der Waals surface area contributed by atoms with Crippen LogP contribution in [0.25, 0.3) is 0 Å². The fraction of sp³-hybridized carbons (Fsp3) is 0.273. The zero-order valence-corrected chi connectivity index (χ0v) is 9.65. The van der Waals surface area contributed by atoms with Gasteiger partial charge in [-0.1, -0.05) is 23.4 Å². The molecule has 1 heterocycles. The van der Waals surface area contributed by atoms with Crippen molar-refractivity contribution in [3.8, 4) is 5.75 Å². The normalized spacial score (nSPS) is 11.5. The standard InChI is InChI=1S/C11H10F3N3O2/c12-11(13,14)19-9-4-2-1-3-8(9)5-15-6-10-16-7-18-17-10/h1-4,7,15H,5-6H2. The van der Waals surface area contributed by atoms with Gasteiger partial charge in [0.05, 0.1) is 6.54 Å². The molecule has 0 amide bonds. The first-order valence-electron chi connectivity index (χ1n) is 5.34. The Hall–Kier alpha value is -2.09. The van der Waals surface area contributed by atoms with Crippen LogP contribution >= 0.6 is 0 Å². The number of ether oxygens (including phenoxy) is 1. The lowest BCUT2D eigenvalue weighted by atomic mass is 10.2. The Kier molecular flexibility index (Phi) is 4.00. The van der Waals surface area contributed by atoms with Gasteiger partial charge in [0.25, 0.3) is 0 Å². The highest BCUT2D eigenvalue weighted by Gasteiger charge is 2.31. The molecule has 2 rings (SSSR count). The zero-order chi connectivity index (χ0) is 13.7. The van der Waals surface area contributed by atoms with Crippen LogP contribution in [0.5, 0.6) is 5.75 Å². The number of hydrogen-bond donors (Lipinski definition) is 1. The van der Waals surface area contributed by atoms with E-state index in [9.17, 15) is 13.2 Å². The molecule has 1 aromatic carbocycles. The summed E-state index contributed by atoms with van der Waals surface area (Å²) in [7, 11) is 0. The first-order valence-corrected chi connectivity index (χ1v) is 5.34. The molecular formula is C11H10F3N3O2. The zero-order valence-electron chi connectivity index (χ0n) is 9.65. The number of aromatic nitrogens is 2. The molecule has 1 aromatic heterocycles. The minimum atomic E-state index is -4.70. The quantitative estimate of drug-likeness (QED) is 0.905. The molecule has 102 valence electrons. The van der Waals surface area contributed by atoms with E-state index in [1.807, 2.05) is 0 Å². The molecule has 0 aliphatic heterocycles. The van der Waals surface area contributed by atoms with Gasteiger partial charge in [0.1, 0.15) is 5.75 Å². The SMILES string of the molecule is FC(F)(F)Oc1ccccc1CNCc1ncon1. The molecule has 0 saturated carbocycles. The van der Waals surface area contributed by atoms with Crippen molar-refractivity contribution >= 4 is 0 Å². The summed E-state index contributed by atoms with van der Waals surface area (Å²) in [6.45, 7) is 0.484. The van der Waals surface area contributed by atoms with Gasteiger partial charge in [-0.2, -0.15) is 4.98 Å². The fourth-order valence-electron chi connectivity index (χ4n) is 1.45. The van der Waals surface area contributed by atoms with Gasteiger partial charge in [-0.3, -0.25) is 0 Å². The van der Waals surface area contributed by atoms with Gasteiger partial charge in [0.15, 0.2) is 5.82 Å². The number of alkyl halides is 3. The third kappa shape index (κ3) is 4.25. The fourth-order valence-corrected chi connectivity index (χ4v) is 1.45. The van der Waals surface area contributed by atoms with Crippen molar-refractivity contribution in [2.75, 3.05) is 0 Å².